The van der Waals surface area contributed by atoms with Crippen molar-refractivity contribution in [2.24, 2.45) is 0 Å². The Labute approximate surface area is 117 Å². The zero-order valence-corrected chi connectivity index (χ0v) is 11.4. The van der Waals surface area contributed by atoms with Gasteiger partial charge >= 0.3 is 0 Å². The van der Waals surface area contributed by atoms with Crippen LogP contribution in [0.15, 0.2) is 48.5 Å². The first-order valence-corrected chi connectivity index (χ1v) is 6.72. The molecule has 18 heavy (non-hydrogen) atoms. The van der Waals surface area contributed by atoms with Crippen molar-refractivity contribution >= 4 is 23.2 Å². The van der Waals surface area contributed by atoms with Crippen LogP contribution in [-0.2, 0) is 12.3 Å². The van der Waals surface area contributed by atoms with Crippen LogP contribution in [0.5, 0.6) is 5.75 Å². The zero-order chi connectivity index (χ0) is 12.8. The van der Waals surface area contributed by atoms with Gasteiger partial charge in [-0.05, 0) is 23.8 Å². The van der Waals surface area contributed by atoms with Crippen LogP contribution in [0.3, 0.4) is 0 Å². The van der Waals surface area contributed by atoms with Crippen molar-refractivity contribution in [3.8, 4) is 5.75 Å². The summed E-state index contributed by atoms with van der Waals surface area (Å²) in [5.41, 5.74) is 2.19. The summed E-state index contributed by atoms with van der Waals surface area (Å²) in [6.07, 6.45) is 0.880. The van der Waals surface area contributed by atoms with E-state index >= 15 is 0 Å². The summed E-state index contributed by atoms with van der Waals surface area (Å²) < 4.78 is 5.74. The van der Waals surface area contributed by atoms with E-state index in [-0.39, 0.29) is 0 Å². The monoisotopic (exact) mass is 280 g/mol. The van der Waals surface area contributed by atoms with E-state index in [1.165, 1.54) is 5.56 Å². The second-order valence-electron chi connectivity index (χ2n) is 3.97. The van der Waals surface area contributed by atoms with Crippen LogP contribution < -0.4 is 4.74 Å². The number of benzene rings is 2. The molecule has 0 unspecified atom stereocenters. The molecule has 2 aromatic carbocycles. The third kappa shape index (κ3) is 3.66. The molecule has 0 saturated heterocycles. The standard InChI is InChI=1S/C15H14Cl2O/c16-11-13-10-14(17)6-7-15(13)18-9-8-12-4-2-1-3-5-12/h1-7,10H,8-9,11H2. The third-order valence-electron chi connectivity index (χ3n) is 2.66. The third-order valence-corrected chi connectivity index (χ3v) is 3.18. The van der Waals surface area contributed by atoms with E-state index in [1.54, 1.807) is 0 Å². The SMILES string of the molecule is ClCc1cc(Cl)ccc1OCCc1ccccc1. The molecule has 0 aliphatic carbocycles. The van der Waals surface area contributed by atoms with Gasteiger partial charge < -0.3 is 4.74 Å². The molecule has 0 heterocycles. The summed E-state index contributed by atoms with van der Waals surface area (Å²) in [7, 11) is 0. The Kier molecular flexibility index (Phi) is 4.91. The lowest BCUT2D eigenvalue weighted by atomic mass is 10.2. The smallest absolute Gasteiger partial charge is 0.123 e. The zero-order valence-electron chi connectivity index (χ0n) is 9.90. The highest BCUT2D eigenvalue weighted by Crippen LogP contribution is 2.24. The molecule has 0 N–H and O–H groups in total. The molecule has 0 aliphatic heterocycles. The summed E-state index contributed by atoms with van der Waals surface area (Å²) in [6.45, 7) is 0.634. The van der Waals surface area contributed by atoms with Crippen LogP contribution in [0.4, 0.5) is 0 Å². The van der Waals surface area contributed by atoms with Gasteiger partial charge in [0.15, 0.2) is 0 Å². The van der Waals surface area contributed by atoms with Crippen molar-refractivity contribution in [1.29, 1.82) is 0 Å². The molecule has 94 valence electrons. The van der Waals surface area contributed by atoms with Gasteiger partial charge in [-0.1, -0.05) is 41.9 Å². The van der Waals surface area contributed by atoms with Crippen molar-refractivity contribution in [1.82, 2.24) is 0 Å². The highest BCUT2D eigenvalue weighted by Gasteiger charge is 2.03. The lowest BCUT2D eigenvalue weighted by Crippen LogP contribution is -2.02. The normalized spacial score (nSPS) is 10.3. The maximum absolute atomic E-state index is 5.91. The van der Waals surface area contributed by atoms with Crippen molar-refractivity contribution in [3.05, 3.63) is 64.7 Å². The lowest BCUT2D eigenvalue weighted by Gasteiger charge is -2.10. The van der Waals surface area contributed by atoms with Crippen molar-refractivity contribution in [2.75, 3.05) is 6.61 Å². The van der Waals surface area contributed by atoms with Crippen LogP contribution in [-0.4, -0.2) is 6.61 Å². The minimum Gasteiger partial charge on any atom is -0.493 e. The summed E-state index contributed by atoms with van der Waals surface area (Å²) in [6, 6.07) is 15.8. The maximum Gasteiger partial charge on any atom is 0.123 e. The number of alkyl halides is 1. The van der Waals surface area contributed by atoms with Crippen LogP contribution >= 0.6 is 23.2 Å². The molecule has 0 atom stereocenters. The highest BCUT2D eigenvalue weighted by molar-refractivity contribution is 6.30. The topological polar surface area (TPSA) is 9.23 Å². The number of hydrogen-bond donors (Lipinski definition) is 0. The van der Waals surface area contributed by atoms with Gasteiger partial charge in [0.25, 0.3) is 0 Å². The minimum absolute atomic E-state index is 0.404. The molecule has 0 spiro atoms. The van der Waals surface area contributed by atoms with E-state index in [0.717, 1.165) is 17.7 Å². The molecule has 0 fully saturated rings. The second-order valence-corrected chi connectivity index (χ2v) is 4.67. The molecule has 0 radical (unpaired) electrons. The molecule has 2 aromatic rings. The molecule has 0 aliphatic rings. The average Bonchev–Trinajstić information content (AvgIpc) is 2.41. The molecular weight excluding hydrogens is 267 g/mol. The van der Waals surface area contributed by atoms with Gasteiger partial charge in [0, 0.05) is 17.0 Å². The fourth-order valence-electron chi connectivity index (χ4n) is 1.72. The molecule has 0 bridgehead atoms. The molecule has 2 rings (SSSR count). The van der Waals surface area contributed by atoms with Gasteiger partial charge in [-0.3, -0.25) is 0 Å². The summed E-state index contributed by atoms with van der Waals surface area (Å²) in [4.78, 5) is 0. The van der Waals surface area contributed by atoms with Gasteiger partial charge in [-0.25, -0.2) is 0 Å². The summed E-state index contributed by atoms with van der Waals surface area (Å²) in [5.74, 6) is 1.21. The fourth-order valence-corrected chi connectivity index (χ4v) is 2.12. The van der Waals surface area contributed by atoms with Crippen LogP contribution in [0.25, 0.3) is 0 Å². The molecule has 1 nitrogen and oxygen atoms in total. The maximum atomic E-state index is 5.91. The summed E-state index contributed by atoms with van der Waals surface area (Å²) in [5, 5.41) is 0.682. The van der Waals surface area contributed by atoms with Crippen LogP contribution in [0.1, 0.15) is 11.1 Å². The highest BCUT2D eigenvalue weighted by atomic mass is 35.5. The Hall–Kier alpha value is -1.18. The number of halogens is 2. The van der Waals surface area contributed by atoms with Gasteiger partial charge in [0.1, 0.15) is 5.75 Å². The molecular formula is C15H14Cl2O. The Bertz CT molecular complexity index is 497. The van der Waals surface area contributed by atoms with E-state index in [0.29, 0.717) is 17.5 Å². The first-order valence-electron chi connectivity index (χ1n) is 5.80. The summed E-state index contributed by atoms with van der Waals surface area (Å²) >= 11 is 11.8. The Morgan fingerprint density at radius 2 is 1.78 bits per heavy atom. The van der Waals surface area contributed by atoms with E-state index < -0.39 is 0 Å². The first kappa shape index (κ1) is 13.3. The quantitative estimate of drug-likeness (QED) is 0.722. The first-order chi connectivity index (χ1) is 8.79. The van der Waals surface area contributed by atoms with Gasteiger partial charge in [-0.15, -0.1) is 11.6 Å². The minimum atomic E-state index is 0.404. The number of ether oxygens (including phenoxy) is 1. The van der Waals surface area contributed by atoms with Crippen molar-refractivity contribution < 1.29 is 4.74 Å². The van der Waals surface area contributed by atoms with Crippen LogP contribution in [0, 0.1) is 0 Å². The Morgan fingerprint density at radius 3 is 2.50 bits per heavy atom. The van der Waals surface area contributed by atoms with Crippen molar-refractivity contribution in [2.45, 2.75) is 12.3 Å². The second kappa shape index (κ2) is 6.67. The lowest BCUT2D eigenvalue weighted by molar-refractivity contribution is 0.319. The van der Waals surface area contributed by atoms with Crippen molar-refractivity contribution in [3.63, 3.8) is 0 Å². The Morgan fingerprint density at radius 1 is 1.00 bits per heavy atom. The van der Waals surface area contributed by atoms with E-state index in [2.05, 4.69) is 12.1 Å². The fraction of sp³-hybridized carbons (Fsp3) is 0.200. The van der Waals surface area contributed by atoms with Gasteiger partial charge in [0.2, 0.25) is 0 Å². The van der Waals surface area contributed by atoms with E-state index in [4.69, 9.17) is 27.9 Å². The molecule has 0 saturated carbocycles. The molecule has 0 amide bonds. The molecule has 3 heteroatoms. The van der Waals surface area contributed by atoms with Crippen LogP contribution in [0.2, 0.25) is 5.02 Å². The predicted octanol–water partition coefficient (Wildman–Crippen LogP) is 4.70. The number of hydrogen-bond acceptors (Lipinski definition) is 1. The number of rotatable bonds is 5. The van der Waals surface area contributed by atoms with E-state index in [9.17, 15) is 0 Å². The molecule has 0 aromatic heterocycles. The van der Waals surface area contributed by atoms with E-state index in [1.807, 2.05) is 36.4 Å². The van der Waals surface area contributed by atoms with Gasteiger partial charge in [-0.2, -0.15) is 0 Å². The predicted molar refractivity (Wildman–Crippen MR) is 76.7 cm³/mol. The largest absolute Gasteiger partial charge is 0.493 e. The average molecular weight is 281 g/mol. The Balaban J connectivity index is 1.94. The van der Waals surface area contributed by atoms with Gasteiger partial charge in [0.05, 0.1) is 12.5 Å².